The number of hydrogen-bond acceptors (Lipinski definition) is 10. The number of aromatic nitrogens is 7. The summed E-state index contributed by atoms with van der Waals surface area (Å²) in [5.74, 6) is 6.65. The molecule has 0 radical (unpaired) electrons. The molecule has 3 heterocycles. The Hall–Kier alpha value is -3.56. The monoisotopic (exact) mass is 502 g/mol. The fourth-order valence-electron chi connectivity index (χ4n) is 2.70. The van der Waals surface area contributed by atoms with Crippen LogP contribution in [0.15, 0.2) is 40.9 Å². The molecule has 0 bridgehead atoms. The van der Waals surface area contributed by atoms with E-state index in [0.29, 0.717) is 43.7 Å². The molecule has 0 aliphatic carbocycles. The topological polar surface area (TPSA) is 161 Å². The Kier molecular flexibility index (Phi) is 6.81. The molecule has 15 heteroatoms. The molecule has 5 N–H and O–H groups in total. The van der Waals surface area contributed by atoms with Crippen LogP contribution in [-0.4, -0.2) is 46.5 Å². The van der Waals surface area contributed by atoms with E-state index in [-0.39, 0.29) is 18.2 Å². The predicted octanol–water partition coefficient (Wildman–Crippen LogP) is 1.93. The fourth-order valence-corrected chi connectivity index (χ4v) is 4.45. The zero-order chi connectivity index (χ0) is 23.4. The quantitative estimate of drug-likeness (QED) is 0.160. The van der Waals surface area contributed by atoms with Crippen molar-refractivity contribution in [1.82, 2.24) is 34.7 Å². The standard InChI is InChI=1S/C18H18N10O2S3/c1-10(29)20-16-21-12(8-32-16)7-13-22-25-18(33-9-14-23-24-17(31)27(14)19)28(13)26-15(30)11-5-3-2-4-6-11/h2-6,8H,7,9,19H2,1H3,(H,24,31)(H,26,30)(H,20,21,29). The summed E-state index contributed by atoms with van der Waals surface area (Å²) in [4.78, 5) is 28.5. The van der Waals surface area contributed by atoms with Gasteiger partial charge in [-0.15, -0.1) is 21.5 Å². The van der Waals surface area contributed by atoms with Crippen LogP contribution in [0.2, 0.25) is 0 Å². The van der Waals surface area contributed by atoms with Crippen LogP contribution in [-0.2, 0) is 17.0 Å². The molecular weight excluding hydrogens is 484 g/mol. The van der Waals surface area contributed by atoms with E-state index in [9.17, 15) is 9.59 Å². The second-order valence-corrected chi connectivity index (χ2v) is 8.83. The van der Waals surface area contributed by atoms with Crippen molar-refractivity contribution in [3.63, 3.8) is 0 Å². The van der Waals surface area contributed by atoms with Gasteiger partial charge in [-0.05, 0) is 24.4 Å². The van der Waals surface area contributed by atoms with Crippen LogP contribution in [0.3, 0.4) is 0 Å². The van der Waals surface area contributed by atoms with Gasteiger partial charge in [0.15, 0.2) is 16.8 Å². The highest BCUT2D eigenvalue weighted by atomic mass is 32.2. The smallest absolute Gasteiger partial charge is 0.270 e. The largest absolute Gasteiger partial charge is 0.335 e. The van der Waals surface area contributed by atoms with Gasteiger partial charge in [-0.2, -0.15) is 5.10 Å². The highest BCUT2D eigenvalue weighted by molar-refractivity contribution is 7.98. The normalized spacial score (nSPS) is 10.8. The summed E-state index contributed by atoms with van der Waals surface area (Å²) >= 11 is 7.62. The van der Waals surface area contributed by atoms with Gasteiger partial charge in [-0.25, -0.2) is 14.3 Å². The number of rotatable bonds is 8. The van der Waals surface area contributed by atoms with Crippen LogP contribution < -0.4 is 16.6 Å². The molecule has 0 atom stereocenters. The van der Waals surface area contributed by atoms with Crippen molar-refractivity contribution < 1.29 is 9.59 Å². The number of nitrogens with zero attached hydrogens (tertiary/aromatic N) is 6. The zero-order valence-electron chi connectivity index (χ0n) is 17.2. The van der Waals surface area contributed by atoms with E-state index < -0.39 is 0 Å². The summed E-state index contributed by atoms with van der Waals surface area (Å²) in [6.45, 7) is 1.42. The molecule has 0 saturated heterocycles. The summed E-state index contributed by atoms with van der Waals surface area (Å²) in [5, 5.41) is 20.5. The Labute approximate surface area is 200 Å². The molecule has 2 amide bonds. The minimum absolute atomic E-state index is 0.203. The minimum atomic E-state index is -0.322. The number of thiazole rings is 1. The first-order valence-corrected chi connectivity index (χ1v) is 11.7. The second-order valence-electron chi connectivity index (χ2n) is 6.65. The highest BCUT2D eigenvalue weighted by Crippen LogP contribution is 2.23. The van der Waals surface area contributed by atoms with E-state index in [1.54, 1.807) is 24.3 Å². The molecule has 1 aromatic carbocycles. The number of nitrogens with one attached hydrogen (secondary N) is 3. The zero-order valence-corrected chi connectivity index (χ0v) is 19.6. The molecule has 0 aliphatic rings. The summed E-state index contributed by atoms with van der Waals surface area (Å²) in [6, 6.07) is 8.80. The van der Waals surface area contributed by atoms with Crippen molar-refractivity contribution in [3.05, 3.63) is 63.4 Å². The second kappa shape index (κ2) is 9.93. The molecular formula is C18H18N10O2S3. The number of H-pyrrole nitrogens is 1. The van der Waals surface area contributed by atoms with E-state index in [2.05, 4.69) is 36.1 Å². The number of nitrogens with two attached hydrogens (primary N) is 1. The van der Waals surface area contributed by atoms with Gasteiger partial charge in [0.25, 0.3) is 5.91 Å². The molecule has 4 rings (SSSR count). The summed E-state index contributed by atoms with van der Waals surface area (Å²) in [7, 11) is 0. The number of thioether (sulfide) groups is 1. The number of carbonyl (C=O) groups is 2. The lowest BCUT2D eigenvalue weighted by Crippen LogP contribution is -2.25. The number of amides is 2. The third-order valence-corrected chi connectivity index (χ3v) is 6.25. The van der Waals surface area contributed by atoms with Crippen molar-refractivity contribution in [2.75, 3.05) is 16.6 Å². The average Bonchev–Trinajstić information content (AvgIpc) is 3.48. The third-order valence-electron chi connectivity index (χ3n) is 4.23. The van der Waals surface area contributed by atoms with Gasteiger partial charge in [0.05, 0.1) is 17.9 Å². The van der Waals surface area contributed by atoms with E-state index in [1.807, 2.05) is 11.4 Å². The molecule has 4 aromatic rings. The number of aromatic amines is 1. The van der Waals surface area contributed by atoms with Gasteiger partial charge >= 0.3 is 0 Å². The van der Waals surface area contributed by atoms with Crippen LogP contribution in [0.25, 0.3) is 0 Å². The molecule has 3 aromatic heterocycles. The van der Waals surface area contributed by atoms with Crippen molar-refractivity contribution >= 4 is 52.3 Å². The first kappa shape index (κ1) is 22.6. The summed E-state index contributed by atoms with van der Waals surface area (Å²) in [5.41, 5.74) is 4.00. The van der Waals surface area contributed by atoms with E-state index in [0.717, 1.165) is 0 Å². The predicted molar refractivity (Wildman–Crippen MR) is 127 cm³/mol. The molecule has 0 fully saturated rings. The Morgan fingerprint density at radius 3 is 2.73 bits per heavy atom. The Balaban J connectivity index is 1.59. The first-order valence-electron chi connectivity index (χ1n) is 9.47. The van der Waals surface area contributed by atoms with Gasteiger partial charge < -0.3 is 11.2 Å². The SMILES string of the molecule is CC(=O)Nc1nc(Cc2nnc(SCc3n[nH]c(=S)n3N)n2NC(=O)c2ccccc2)cs1. The van der Waals surface area contributed by atoms with Crippen molar-refractivity contribution in [1.29, 1.82) is 0 Å². The maximum atomic E-state index is 12.8. The molecule has 0 aliphatic heterocycles. The minimum Gasteiger partial charge on any atom is -0.335 e. The summed E-state index contributed by atoms with van der Waals surface area (Å²) in [6.07, 6.45) is 0.286. The molecule has 0 unspecified atom stereocenters. The lowest BCUT2D eigenvalue weighted by Gasteiger charge is -2.11. The Bertz CT molecular complexity index is 1340. The molecule has 12 nitrogen and oxygen atoms in total. The van der Waals surface area contributed by atoms with E-state index in [4.69, 9.17) is 18.1 Å². The maximum absolute atomic E-state index is 12.8. The average molecular weight is 503 g/mol. The highest BCUT2D eigenvalue weighted by Gasteiger charge is 2.19. The van der Waals surface area contributed by atoms with E-state index >= 15 is 0 Å². The lowest BCUT2D eigenvalue weighted by molar-refractivity contribution is -0.114. The lowest BCUT2D eigenvalue weighted by atomic mass is 10.2. The molecule has 0 spiro atoms. The Morgan fingerprint density at radius 1 is 1.24 bits per heavy atom. The van der Waals surface area contributed by atoms with Gasteiger partial charge in [-0.1, -0.05) is 30.0 Å². The van der Waals surface area contributed by atoms with E-state index in [1.165, 1.54) is 39.4 Å². The van der Waals surface area contributed by atoms with Crippen LogP contribution in [0.4, 0.5) is 5.13 Å². The van der Waals surface area contributed by atoms with Gasteiger partial charge in [0.2, 0.25) is 15.8 Å². The number of nitrogen functional groups attached to an aromatic ring is 1. The van der Waals surface area contributed by atoms with Crippen LogP contribution in [0.5, 0.6) is 0 Å². The molecule has 0 saturated carbocycles. The number of carbonyl (C=O) groups excluding carboxylic acids is 2. The van der Waals surface area contributed by atoms with Crippen molar-refractivity contribution in [2.24, 2.45) is 0 Å². The third kappa shape index (κ3) is 5.44. The van der Waals surface area contributed by atoms with Crippen LogP contribution >= 0.6 is 35.3 Å². The van der Waals surface area contributed by atoms with Crippen LogP contribution in [0, 0.1) is 4.77 Å². The van der Waals surface area contributed by atoms with Gasteiger partial charge in [-0.3, -0.25) is 20.1 Å². The van der Waals surface area contributed by atoms with Crippen molar-refractivity contribution in [3.8, 4) is 0 Å². The van der Waals surface area contributed by atoms with Gasteiger partial charge in [0, 0.05) is 17.9 Å². The molecule has 33 heavy (non-hydrogen) atoms. The first-order chi connectivity index (χ1) is 15.9. The number of hydrogen-bond donors (Lipinski definition) is 4. The fraction of sp³-hybridized carbons (Fsp3) is 0.167. The summed E-state index contributed by atoms with van der Waals surface area (Å²) < 4.78 is 3.08. The molecule has 170 valence electrons. The Morgan fingerprint density at radius 2 is 2.03 bits per heavy atom. The maximum Gasteiger partial charge on any atom is 0.270 e. The number of anilines is 1. The van der Waals surface area contributed by atoms with Gasteiger partial charge in [0.1, 0.15) is 0 Å². The van der Waals surface area contributed by atoms with Crippen molar-refractivity contribution in [2.45, 2.75) is 24.3 Å². The number of benzene rings is 1. The van der Waals surface area contributed by atoms with Crippen LogP contribution in [0.1, 0.15) is 34.6 Å².